The van der Waals surface area contributed by atoms with Crippen molar-refractivity contribution in [1.82, 2.24) is 10.6 Å². The number of carbonyl (C=O) groups excluding carboxylic acids is 2. The maximum absolute atomic E-state index is 13.6. The Morgan fingerprint density at radius 2 is 1.56 bits per heavy atom. The molecule has 1 fully saturated rings. The molecular formula is C32H43N3O6. The van der Waals surface area contributed by atoms with Crippen molar-refractivity contribution in [3.8, 4) is 28.4 Å². The SMILES string of the molecule is COc1cc2c(c(OC)c1OC)-c1ccc(N[C@H](C)C(=O)NC3CCCCCCC3)c(=O)cc1[C@@H](NC(C)=O)CC2. The summed E-state index contributed by atoms with van der Waals surface area (Å²) in [5.74, 6) is 1.17. The summed E-state index contributed by atoms with van der Waals surface area (Å²) in [5.41, 5.74) is 3.19. The fourth-order valence-electron chi connectivity index (χ4n) is 6.05. The summed E-state index contributed by atoms with van der Waals surface area (Å²) in [5, 5.41) is 9.35. The maximum Gasteiger partial charge on any atom is 0.242 e. The molecule has 0 spiro atoms. The fourth-order valence-corrected chi connectivity index (χ4v) is 6.05. The molecule has 2 atom stereocenters. The van der Waals surface area contributed by atoms with E-state index in [0.717, 1.165) is 42.4 Å². The first-order chi connectivity index (χ1) is 19.8. The van der Waals surface area contributed by atoms with E-state index in [1.165, 1.54) is 26.2 Å². The quantitative estimate of drug-likeness (QED) is 0.417. The average molecular weight is 566 g/mol. The molecule has 2 amide bonds. The Balaban J connectivity index is 1.74. The van der Waals surface area contributed by atoms with Crippen LogP contribution in [0.25, 0.3) is 11.1 Å². The standard InChI is InChI=1S/C32H43N3O6/c1-19(32(38)35-22-11-9-7-6-8-10-12-22)33-26-16-14-23-24(18-27(26)37)25(34-20(2)36)15-13-21-17-28(39-3)30(40-4)31(41-5)29(21)23/h14,16-19,22,25H,6-13,15H2,1-5H3,(H,33,37)(H,34,36)(H,35,38)/t19-,25+/m1/s1. The number of methoxy groups -OCH3 is 3. The first-order valence-corrected chi connectivity index (χ1v) is 14.6. The highest BCUT2D eigenvalue weighted by Gasteiger charge is 2.29. The van der Waals surface area contributed by atoms with Gasteiger partial charge in [-0.25, -0.2) is 0 Å². The third-order valence-corrected chi connectivity index (χ3v) is 8.13. The van der Waals surface area contributed by atoms with Gasteiger partial charge < -0.3 is 30.2 Å². The van der Waals surface area contributed by atoms with Gasteiger partial charge in [-0.3, -0.25) is 14.4 Å². The van der Waals surface area contributed by atoms with Gasteiger partial charge in [-0.15, -0.1) is 0 Å². The zero-order valence-electron chi connectivity index (χ0n) is 24.9. The number of amides is 2. The Hall–Kier alpha value is -3.75. The lowest BCUT2D eigenvalue weighted by molar-refractivity contribution is -0.122. The Bertz CT molecular complexity index is 1320. The Kier molecular flexibility index (Phi) is 10.1. The van der Waals surface area contributed by atoms with Gasteiger partial charge in [0.25, 0.3) is 0 Å². The Labute approximate surface area is 242 Å². The van der Waals surface area contributed by atoms with Gasteiger partial charge >= 0.3 is 0 Å². The summed E-state index contributed by atoms with van der Waals surface area (Å²) in [4.78, 5) is 38.8. The van der Waals surface area contributed by atoms with Crippen LogP contribution in [0.1, 0.15) is 82.4 Å². The van der Waals surface area contributed by atoms with Gasteiger partial charge in [-0.2, -0.15) is 0 Å². The van der Waals surface area contributed by atoms with Gasteiger partial charge in [0, 0.05) is 18.5 Å². The molecule has 0 aliphatic heterocycles. The van der Waals surface area contributed by atoms with Crippen molar-refractivity contribution in [2.24, 2.45) is 0 Å². The molecule has 2 aliphatic carbocycles. The molecule has 2 aromatic carbocycles. The lowest BCUT2D eigenvalue weighted by Gasteiger charge is -2.23. The normalized spacial score (nSPS) is 17.8. The van der Waals surface area contributed by atoms with Crippen LogP contribution in [-0.4, -0.2) is 45.2 Å². The Morgan fingerprint density at radius 3 is 2.20 bits per heavy atom. The van der Waals surface area contributed by atoms with Gasteiger partial charge in [-0.1, -0.05) is 38.2 Å². The molecular weight excluding hydrogens is 522 g/mol. The molecule has 2 aromatic rings. The largest absolute Gasteiger partial charge is 0.493 e. The predicted molar refractivity (Wildman–Crippen MR) is 160 cm³/mol. The second kappa shape index (κ2) is 13.7. The van der Waals surface area contributed by atoms with Crippen molar-refractivity contribution in [1.29, 1.82) is 0 Å². The van der Waals surface area contributed by atoms with Crippen molar-refractivity contribution in [3.63, 3.8) is 0 Å². The van der Waals surface area contributed by atoms with Crippen LogP contribution in [0.3, 0.4) is 0 Å². The summed E-state index contributed by atoms with van der Waals surface area (Å²) in [6.45, 7) is 3.24. The predicted octanol–water partition coefficient (Wildman–Crippen LogP) is 4.89. The van der Waals surface area contributed by atoms with Crippen LogP contribution in [0.15, 0.2) is 29.1 Å². The van der Waals surface area contributed by atoms with Crippen molar-refractivity contribution in [2.75, 3.05) is 26.6 Å². The Morgan fingerprint density at radius 1 is 0.878 bits per heavy atom. The second-order valence-electron chi connectivity index (χ2n) is 11.0. The van der Waals surface area contributed by atoms with Crippen LogP contribution in [-0.2, 0) is 16.0 Å². The zero-order valence-corrected chi connectivity index (χ0v) is 24.9. The van der Waals surface area contributed by atoms with Crippen LogP contribution >= 0.6 is 0 Å². The monoisotopic (exact) mass is 565 g/mol. The molecule has 0 heterocycles. The molecule has 0 radical (unpaired) electrons. The van der Waals surface area contributed by atoms with Crippen LogP contribution in [0, 0.1) is 0 Å². The molecule has 0 unspecified atom stereocenters. The summed E-state index contributed by atoms with van der Waals surface area (Å²) >= 11 is 0. The highest BCUT2D eigenvalue weighted by atomic mass is 16.5. The molecule has 0 aromatic heterocycles. The third kappa shape index (κ3) is 6.94. The number of carbonyl (C=O) groups is 2. The van der Waals surface area contributed by atoms with Crippen LogP contribution in [0.2, 0.25) is 0 Å². The number of nitrogens with one attached hydrogen (secondary N) is 3. The highest BCUT2D eigenvalue weighted by Crippen LogP contribution is 2.50. The van der Waals surface area contributed by atoms with E-state index in [-0.39, 0.29) is 23.3 Å². The van der Waals surface area contributed by atoms with E-state index in [9.17, 15) is 14.4 Å². The van der Waals surface area contributed by atoms with E-state index >= 15 is 0 Å². The number of hydrogen-bond donors (Lipinski definition) is 3. The maximum atomic E-state index is 13.6. The summed E-state index contributed by atoms with van der Waals surface area (Å²) in [6, 6.07) is 6.20. The van der Waals surface area contributed by atoms with Gasteiger partial charge in [0.15, 0.2) is 11.5 Å². The minimum Gasteiger partial charge on any atom is -0.493 e. The lowest BCUT2D eigenvalue weighted by atomic mass is 9.95. The molecule has 3 N–H and O–H groups in total. The molecule has 4 rings (SSSR count). The zero-order chi connectivity index (χ0) is 29.5. The number of rotatable bonds is 8. The van der Waals surface area contributed by atoms with Crippen LogP contribution < -0.4 is 35.6 Å². The topological polar surface area (TPSA) is 115 Å². The minimum atomic E-state index is -0.604. The van der Waals surface area contributed by atoms with Gasteiger partial charge in [0.05, 0.1) is 33.1 Å². The van der Waals surface area contributed by atoms with Gasteiger partial charge in [-0.05, 0) is 67.5 Å². The summed E-state index contributed by atoms with van der Waals surface area (Å²) < 4.78 is 17.1. The van der Waals surface area contributed by atoms with Crippen molar-refractivity contribution < 1.29 is 23.8 Å². The molecule has 2 aliphatic rings. The first-order valence-electron chi connectivity index (χ1n) is 14.6. The number of benzene rings is 1. The van der Waals surface area contributed by atoms with Crippen molar-refractivity contribution >= 4 is 17.5 Å². The molecule has 41 heavy (non-hydrogen) atoms. The fraction of sp³-hybridized carbons (Fsp3) is 0.531. The lowest BCUT2D eigenvalue weighted by Crippen LogP contribution is -2.44. The number of fused-ring (bicyclic) bond motifs is 3. The number of ether oxygens (including phenoxy) is 3. The van der Waals surface area contributed by atoms with E-state index in [0.29, 0.717) is 41.3 Å². The number of aryl methyl sites for hydroxylation is 1. The number of hydrogen-bond acceptors (Lipinski definition) is 7. The van der Waals surface area contributed by atoms with E-state index in [2.05, 4.69) is 16.0 Å². The van der Waals surface area contributed by atoms with Gasteiger partial charge in [0.1, 0.15) is 6.04 Å². The van der Waals surface area contributed by atoms with Crippen LogP contribution in [0.5, 0.6) is 17.2 Å². The smallest absolute Gasteiger partial charge is 0.242 e. The third-order valence-electron chi connectivity index (χ3n) is 8.13. The van der Waals surface area contributed by atoms with Crippen molar-refractivity contribution in [2.45, 2.75) is 89.8 Å². The van der Waals surface area contributed by atoms with E-state index < -0.39 is 12.1 Å². The molecule has 1 saturated carbocycles. The van der Waals surface area contributed by atoms with Crippen molar-refractivity contribution in [3.05, 3.63) is 45.6 Å². The highest BCUT2D eigenvalue weighted by molar-refractivity contribution is 5.86. The van der Waals surface area contributed by atoms with Gasteiger partial charge in [0.2, 0.25) is 23.0 Å². The second-order valence-corrected chi connectivity index (χ2v) is 11.0. The minimum absolute atomic E-state index is 0.122. The van der Waals surface area contributed by atoms with E-state index in [1.54, 1.807) is 40.4 Å². The number of anilines is 1. The first kappa shape index (κ1) is 30.2. The van der Waals surface area contributed by atoms with Crippen LogP contribution in [0.4, 0.5) is 5.69 Å². The molecule has 0 saturated heterocycles. The molecule has 9 heteroatoms. The van der Waals surface area contributed by atoms with E-state index in [1.807, 2.05) is 12.1 Å². The molecule has 222 valence electrons. The summed E-state index contributed by atoms with van der Waals surface area (Å²) in [7, 11) is 4.69. The summed E-state index contributed by atoms with van der Waals surface area (Å²) in [6.07, 6.45) is 9.07. The molecule has 0 bridgehead atoms. The average Bonchev–Trinajstić information content (AvgIpc) is 3.17. The molecule has 9 nitrogen and oxygen atoms in total. The van der Waals surface area contributed by atoms with E-state index in [4.69, 9.17) is 14.2 Å².